The molecule has 1 saturated heterocycles. The minimum atomic E-state index is -5.11. The maximum atomic E-state index is 13.5. The van der Waals surface area contributed by atoms with Crippen LogP contribution in [-0.2, 0) is 23.2 Å². The van der Waals surface area contributed by atoms with E-state index in [1.54, 1.807) is 22.5 Å². The summed E-state index contributed by atoms with van der Waals surface area (Å²) in [6.07, 6.45) is -5.11. The maximum Gasteiger partial charge on any atom is 0.492 e. The number of carbonyl (C=O) groups is 1. The Balaban J connectivity index is 1.60. The van der Waals surface area contributed by atoms with Gasteiger partial charge in [0.1, 0.15) is 0 Å². The highest BCUT2D eigenvalue weighted by atomic mass is 19.4. The summed E-state index contributed by atoms with van der Waals surface area (Å²) in [5, 5.41) is 0.940. The second-order valence-electron chi connectivity index (χ2n) is 9.29. The number of fused-ring (bicyclic) bond motifs is 1. The van der Waals surface area contributed by atoms with Crippen molar-refractivity contribution in [1.29, 1.82) is 0 Å². The average molecular weight is 567 g/mol. The molecule has 0 bridgehead atoms. The van der Waals surface area contributed by atoms with Gasteiger partial charge in [-0.3, -0.25) is 13.9 Å². The summed E-state index contributed by atoms with van der Waals surface area (Å²) in [4.78, 5) is 49.1. The zero-order valence-corrected chi connectivity index (χ0v) is 22.2. The van der Waals surface area contributed by atoms with Crippen molar-refractivity contribution in [3.63, 3.8) is 0 Å². The minimum absolute atomic E-state index is 0.0333. The second kappa shape index (κ2) is 11.0. The van der Waals surface area contributed by atoms with Crippen LogP contribution in [0.4, 0.5) is 19.1 Å². The second-order valence-corrected chi connectivity index (χ2v) is 9.29. The van der Waals surface area contributed by atoms with Gasteiger partial charge >= 0.3 is 17.8 Å². The zero-order chi connectivity index (χ0) is 29.3. The number of aromatic nitrogens is 4. The molecule has 13 heteroatoms. The van der Waals surface area contributed by atoms with Crippen molar-refractivity contribution in [2.45, 2.75) is 19.6 Å². The van der Waals surface area contributed by atoms with Gasteiger partial charge in [-0.1, -0.05) is 48.4 Å². The Morgan fingerprint density at radius 3 is 2.34 bits per heavy atom. The van der Waals surface area contributed by atoms with Crippen molar-refractivity contribution < 1.29 is 22.8 Å². The Morgan fingerprint density at radius 1 is 1.00 bits per heavy atom. The van der Waals surface area contributed by atoms with E-state index in [9.17, 15) is 27.6 Å². The molecular weight excluding hydrogens is 541 g/mol. The van der Waals surface area contributed by atoms with E-state index in [0.29, 0.717) is 11.6 Å². The van der Waals surface area contributed by atoms with Crippen molar-refractivity contribution in [3.8, 4) is 28.7 Å². The lowest BCUT2D eigenvalue weighted by atomic mass is 10.1. The molecule has 2 aromatic heterocycles. The number of hydrogen-bond donors (Lipinski definition) is 0. The summed E-state index contributed by atoms with van der Waals surface area (Å²) in [6.45, 7) is 1.95. The van der Waals surface area contributed by atoms with Gasteiger partial charge in [0.15, 0.2) is 11.2 Å². The van der Waals surface area contributed by atoms with Crippen molar-refractivity contribution in [3.05, 3.63) is 75.4 Å². The van der Waals surface area contributed by atoms with Crippen LogP contribution in [0.1, 0.15) is 6.92 Å². The molecule has 0 atom stereocenters. The number of nitrogens with zero attached hydrogens (tertiary/aromatic N) is 6. The molecule has 0 N–H and O–H groups in total. The molecule has 1 fully saturated rings. The van der Waals surface area contributed by atoms with Crippen LogP contribution in [0.15, 0.2) is 64.2 Å². The molecule has 41 heavy (non-hydrogen) atoms. The number of piperazine rings is 1. The monoisotopic (exact) mass is 566 g/mol. The van der Waals surface area contributed by atoms with Crippen LogP contribution in [0.25, 0.3) is 28.0 Å². The standard InChI is InChI=1S/C28H25F3N6O4/c1-3-4-13-36-22-23(32-26(36)34-14-16-35(17-15-34)41-25(39)28(29,30)31)37(27(40)33(2)24(22)38)21-12-8-11-20(18-21)19-9-6-5-7-10-19/h5-12,18H,13-17H2,1-2H3. The van der Waals surface area contributed by atoms with E-state index in [1.807, 2.05) is 48.5 Å². The number of rotatable bonds is 5. The van der Waals surface area contributed by atoms with Crippen LogP contribution in [0.5, 0.6) is 0 Å². The van der Waals surface area contributed by atoms with Crippen molar-refractivity contribution in [1.82, 2.24) is 23.7 Å². The third kappa shape index (κ3) is 5.33. The molecule has 1 aliphatic rings. The Kier molecular flexibility index (Phi) is 7.42. The predicted molar refractivity (Wildman–Crippen MR) is 145 cm³/mol. The van der Waals surface area contributed by atoms with Gasteiger partial charge in [0.05, 0.1) is 25.3 Å². The van der Waals surface area contributed by atoms with Gasteiger partial charge in [0.25, 0.3) is 5.56 Å². The van der Waals surface area contributed by atoms with Crippen LogP contribution in [0, 0.1) is 11.8 Å². The molecule has 4 aromatic rings. The molecule has 0 saturated carbocycles. The van der Waals surface area contributed by atoms with Crippen molar-refractivity contribution in [2.75, 3.05) is 31.1 Å². The SMILES string of the molecule is CC#CCn1c(N2CCN(OC(=O)C(F)(F)F)CC2)nc2c1c(=O)n(C)c(=O)n2-c1cccc(-c2ccccc2)c1. The molecule has 0 amide bonds. The molecular formula is C28H25F3N6O4. The molecule has 10 nitrogen and oxygen atoms in total. The number of halogens is 3. The van der Waals surface area contributed by atoms with E-state index in [4.69, 9.17) is 4.98 Å². The Hall–Kier alpha value is -4.83. The summed E-state index contributed by atoms with van der Waals surface area (Å²) >= 11 is 0. The number of carbonyl (C=O) groups excluding carboxylic acids is 1. The van der Waals surface area contributed by atoms with Gasteiger partial charge in [0, 0.05) is 20.1 Å². The normalized spacial score (nSPS) is 14.1. The quantitative estimate of drug-likeness (QED) is 0.343. The molecule has 1 aliphatic heterocycles. The first-order chi connectivity index (χ1) is 19.6. The molecule has 212 valence electrons. The summed E-state index contributed by atoms with van der Waals surface area (Å²) in [6, 6.07) is 16.9. The van der Waals surface area contributed by atoms with Gasteiger partial charge in [-0.2, -0.15) is 18.2 Å². The van der Waals surface area contributed by atoms with E-state index in [1.165, 1.54) is 11.6 Å². The van der Waals surface area contributed by atoms with Gasteiger partial charge in [-0.05, 0) is 30.2 Å². The first-order valence-electron chi connectivity index (χ1n) is 12.7. The summed E-state index contributed by atoms with van der Waals surface area (Å²) in [7, 11) is 1.39. The predicted octanol–water partition coefficient (Wildman–Crippen LogP) is 2.72. The smallest absolute Gasteiger partial charge is 0.361 e. The van der Waals surface area contributed by atoms with E-state index in [2.05, 4.69) is 16.7 Å². The first kappa shape index (κ1) is 27.7. The van der Waals surface area contributed by atoms with Crippen LogP contribution in [0.3, 0.4) is 0 Å². The van der Waals surface area contributed by atoms with Crippen LogP contribution < -0.4 is 16.1 Å². The third-order valence-corrected chi connectivity index (χ3v) is 6.72. The maximum absolute atomic E-state index is 13.5. The molecule has 0 spiro atoms. The van der Waals surface area contributed by atoms with E-state index in [-0.39, 0.29) is 43.9 Å². The fourth-order valence-electron chi connectivity index (χ4n) is 4.67. The Morgan fingerprint density at radius 2 is 1.68 bits per heavy atom. The molecule has 2 aromatic carbocycles. The molecule has 0 unspecified atom stereocenters. The van der Waals surface area contributed by atoms with Crippen molar-refractivity contribution >= 4 is 23.1 Å². The van der Waals surface area contributed by atoms with Crippen LogP contribution >= 0.6 is 0 Å². The number of imidazole rings is 1. The summed E-state index contributed by atoms with van der Waals surface area (Å²) in [5.74, 6) is 3.75. The number of hydrogen-bond acceptors (Lipinski definition) is 7. The number of anilines is 1. The van der Waals surface area contributed by atoms with Gasteiger partial charge < -0.3 is 9.74 Å². The average Bonchev–Trinajstić information content (AvgIpc) is 3.34. The highest BCUT2D eigenvalue weighted by Gasteiger charge is 2.43. The van der Waals surface area contributed by atoms with Gasteiger partial charge in [0.2, 0.25) is 5.95 Å². The van der Waals surface area contributed by atoms with Gasteiger partial charge in [-0.15, -0.1) is 11.0 Å². The highest BCUT2D eigenvalue weighted by Crippen LogP contribution is 2.26. The lowest BCUT2D eigenvalue weighted by Gasteiger charge is -2.34. The van der Waals surface area contributed by atoms with Crippen LogP contribution in [-0.4, -0.2) is 62.1 Å². The van der Waals surface area contributed by atoms with E-state index < -0.39 is 23.4 Å². The lowest BCUT2D eigenvalue weighted by Crippen LogP contribution is -2.49. The fraction of sp³-hybridized carbons (Fsp3) is 0.286. The Bertz CT molecular complexity index is 1790. The number of hydroxylamine groups is 2. The summed E-state index contributed by atoms with van der Waals surface area (Å²) in [5.41, 5.74) is 1.43. The van der Waals surface area contributed by atoms with Gasteiger partial charge in [-0.25, -0.2) is 14.2 Å². The highest BCUT2D eigenvalue weighted by molar-refractivity contribution is 5.78. The molecule has 3 heterocycles. The van der Waals surface area contributed by atoms with E-state index in [0.717, 1.165) is 20.8 Å². The minimum Gasteiger partial charge on any atom is -0.361 e. The topological polar surface area (TPSA) is 94.6 Å². The third-order valence-electron chi connectivity index (χ3n) is 6.72. The number of benzene rings is 2. The molecule has 5 rings (SSSR count). The zero-order valence-electron chi connectivity index (χ0n) is 22.2. The largest absolute Gasteiger partial charge is 0.492 e. The van der Waals surface area contributed by atoms with Crippen LogP contribution in [0.2, 0.25) is 0 Å². The molecule has 0 radical (unpaired) electrons. The Labute approximate surface area is 231 Å². The summed E-state index contributed by atoms with van der Waals surface area (Å²) < 4.78 is 41.9. The fourth-order valence-corrected chi connectivity index (χ4v) is 4.67. The van der Waals surface area contributed by atoms with Crippen molar-refractivity contribution in [2.24, 2.45) is 7.05 Å². The molecule has 0 aliphatic carbocycles. The lowest BCUT2D eigenvalue weighted by molar-refractivity contribution is -0.239. The van der Waals surface area contributed by atoms with E-state index >= 15 is 0 Å². The number of alkyl halides is 3. The first-order valence-corrected chi connectivity index (χ1v) is 12.7.